The highest BCUT2D eigenvalue weighted by molar-refractivity contribution is 5.13. The van der Waals surface area contributed by atoms with Crippen LogP contribution in [0.5, 0.6) is 0 Å². The Kier molecular flexibility index (Phi) is 4.72. The molecule has 1 fully saturated rings. The van der Waals surface area contributed by atoms with Crippen molar-refractivity contribution in [1.82, 2.24) is 0 Å². The fourth-order valence-corrected chi connectivity index (χ4v) is 2.23. The number of benzene rings is 1. The molecule has 0 saturated carbocycles. The Balaban J connectivity index is 1.95. The van der Waals surface area contributed by atoms with E-state index in [1.165, 1.54) is 0 Å². The highest BCUT2D eigenvalue weighted by atomic mass is 16.7. The van der Waals surface area contributed by atoms with Crippen molar-refractivity contribution in [2.45, 2.75) is 32.0 Å². The van der Waals surface area contributed by atoms with Gasteiger partial charge in [0.2, 0.25) is 0 Å². The summed E-state index contributed by atoms with van der Waals surface area (Å²) in [6, 6.07) is 9.98. The second-order valence-electron chi connectivity index (χ2n) is 4.58. The molecule has 0 unspecified atom stereocenters. The van der Waals surface area contributed by atoms with Gasteiger partial charge in [0.05, 0.1) is 19.3 Å². The first-order chi connectivity index (χ1) is 8.76. The van der Waals surface area contributed by atoms with Crippen molar-refractivity contribution in [3.8, 4) is 0 Å². The molecular formula is C14H20O4. The van der Waals surface area contributed by atoms with Gasteiger partial charge >= 0.3 is 0 Å². The monoisotopic (exact) mass is 252 g/mol. The summed E-state index contributed by atoms with van der Waals surface area (Å²) in [6.07, 6.45) is -0.760. The molecule has 0 aliphatic carbocycles. The summed E-state index contributed by atoms with van der Waals surface area (Å²) < 4.78 is 16.7. The molecule has 4 nitrogen and oxygen atoms in total. The zero-order chi connectivity index (χ0) is 13.0. The molecule has 2 rings (SSSR count). The van der Waals surface area contributed by atoms with E-state index in [0.29, 0.717) is 6.61 Å². The molecule has 1 N–H and O–H groups in total. The van der Waals surface area contributed by atoms with Gasteiger partial charge in [0, 0.05) is 13.0 Å². The van der Waals surface area contributed by atoms with Crippen molar-refractivity contribution in [2.75, 3.05) is 13.7 Å². The van der Waals surface area contributed by atoms with Crippen LogP contribution in [0.25, 0.3) is 0 Å². The number of methoxy groups -OCH3 is 1. The summed E-state index contributed by atoms with van der Waals surface area (Å²) in [6.45, 7) is 2.53. The Bertz CT molecular complexity index is 352. The third kappa shape index (κ3) is 2.90. The number of ether oxygens (including phenoxy) is 3. The van der Waals surface area contributed by atoms with Crippen molar-refractivity contribution in [3.63, 3.8) is 0 Å². The van der Waals surface area contributed by atoms with E-state index in [4.69, 9.17) is 14.2 Å². The smallest absolute Gasteiger partial charge is 0.184 e. The molecule has 0 spiro atoms. The molecule has 18 heavy (non-hydrogen) atoms. The maximum Gasteiger partial charge on any atom is 0.184 e. The molecule has 1 aromatic rings. The van der Waals surface area contributed by atoms with Gasteiger partial charge in [-0.05, 0) is 5.56 Å². The largest absolute Gasteiger partial charge is 0.394 e. The number of aliphatic hydroxyl groups excluding tert-OH is 1. The van der Waals surface area contributed by atoms with Crippen LogP contribution in [0.2, 0.25) is 0 Å². The maximum absolute atomic E-state index is 9.22. The van der Waals surface area contributed by atoms with Crippen LogP contribution >= 0.6 is 0 Å². The van der Waals surface area contributed by atoms with Gasteiger partial charge in [0.1, 0.15) is 6.10 Å². The van der Waals surface area contributed by atoms with E-state index in [1.54, 1.807) is 7.11 Å². The van der Waals surface area contributed by atoms with E-state index in [0.717, 1.165) is 5.56 Å². The second-order valence-corrected chi connectivity index (χ2v) is 4.58. The molecule has 100 valence electrons. The molecular weight excluding hydrogens is 232 g/mol. The van der Waals surface area contributed by atoms with Crippen LogP contribution in [0, 0.1) is 5.92 Å². The summed E-state index contributed by atoms with van der Waals surface area (Å²) >= 11 is 0. The quantitative estimate of drug-likeness (QED) is 0.864. The van der Waals surface area contributed by atoms with E-state index in [2.05, 4.69) is 0 Å². The number of hydrogen-bond acceptors (Lipinski definition) is 4. The van der Waals surface area contributed by atoms with Crippen LogP contribution in [0.1, 0.15) is 12.5 Å². The molecule has 0 bridgehead atoms. The molecule has 1 heterocycles. The highest BCUT2D eigenvalue weighted by Crippen LogP contribution is 2.30. The number of aliphatic hydroxyl groups is 1. The summed E-state index contributed by atoms with van der Waals surface area (Å²) in [5.74, 6) is 0.115. The lowest BCUT2D eigenvalue weighted by Gasteiger charge is -2.20. The van der Waals surface area contributed by atoms with Gasteiger partial charge in [-0.2, -0.15) is 0 Å². The molecule has 0 radical (unpaired) electrons. The van der Waals surface area contributed by atoms with Crippen LogP contribution < -0.4 is 0 Å². The Morgan fingerprint density at radius 3 is 2.61 bits per heavy atom. The normalized spacial score (nSPS) is 31.7. The fraction of sp³-hybridized carbons (Fsp3) is 0.571. The lowest BCUT2D eigenvalue weighted by Crippen LogP contribution is -2.30. The van der Waals surface area contributed by atoms with Crippen molar-refractivity contribution >= 4 is 0 Å². The first-order valence-electron chi connectivity index (χ1n) is 6.21. The van der Waals surface area contributed by atoms with Crippen LogP contribution in [-0.2, 0) is 20.8 Å². The molecule has 1 saturated heterocycles. The minimum Gasteiger partial charge on any atom is -0.394 e. The van der Waals surface area contributed by atoms with Crippen molar-refractivity contribution in [1.29, 1.82) is 0 Å². The second kappa shape index (κ2) is 6.29. The third-order valence-electron chi connectivity index (χ3n) is 3.38. The van der Waals surface area contributed by atoms with Gasteiger partial charge < -0.3 is 19.3 Å². The summed E-state index contributed by atoms with van der Waals surface area (Å²) in [7, 11) is 1.59. The first-order valence-corrected chi connectivity index (χ1v) is 6.21. The molecule has 0 aromatic heterocycles. The Labute approximate surface area is 107 Å². The standard InChI is InChI=1S/C14H20O4/c1-10-12(8-15)18-14(16-2)13(10)17-9-11-6-4-3-5-7-11/h3-7,10,12-15H,8-9H2,1-2H3/t10-,12-,13-,14-/m0/s1. The van der Waals surface area contributed by atoms with Crippen LogP contribution in [0.15, 0.2) is 30.3 Å². The summed E-state index contributed by atoms with van der Waals surface area (Å²) in [4.78, 5) is 0. The number of hydrogen-bond donors (Lipinski definition) is 1. The Hall–Kier alpha value is -0.940. The summed E-state index contributed by atoms with van der Waals surface area (Å²) in [5.41, 5.74) is 1.12. The van der Waals surface area contributed by atoms with Crippen LogP contribution in [0.4, 0.5) is 0 Å². The predicted molar refractivity (Wildman–Crippen MR) is 66.9 cm³/mol. The average molecular weight is 252 g/mol. The molecule has 0 amide bonds. The van der Waals surface area contributed by atoms with E-state index in [1.807, 2.05) is 37.3 Å². The van der Waals surface area contributed by atoms with E-state index < -0.39 is 6.29 Å². The molecule has 4 atom stereocenters. The minimum atomic E-state index is -0.402. The molecule has 1 aliphatic rings. The van der Waals surface area contributed by atoms with Crippen LogP contribution in [-0.4, -0.2) is 37.3 Å². The van der Waals surface area contributed by atoms with Crippen molar-refractivity contribution < 1.29 is 19.3 Å². The first kappa shape index (κ1) is 13.5. The fourth-order valence-electron chi connectivity index (χ4n) is 2.23. The third-order valence-corrected chi connectivity index (χ3v) is 3.38. The van der Waals surface area contributed by atoms with Gasteiger partial charge in [-0.1, -0.05) is 37.3 Å². The van der Waals surface area contributed by atoms with Crippen molar-refractivity contribution in [2.24, 2.45) is 5.92 Å². The predicted octanol–water partition coefficient (Wildman–Crippen LogP) is 1.57. The SMILES string of the molecule is CO[C@H]1O[C@@H](CO)[C@H](C)[C@@H]1OCc1ccccc1. The van der Waals surface area contributed by atoms with Gasteiger partial charge in [0.15, 0.2) is 6.29 Å². The average Bonchev–Trinajstić information content (AvgIpc) is 2.73. The molecule has 1 aliphatic heterocycles. The zero-order valence-electron chi connectivity index (χ0n) is 10.8. The lowest BCUT2D eigenvalue weighted by molar-refractivity contribution is -0.167. The molecule has 1 aromatic carbocycles. The van der Waals surface area contributed by atoms with Gasteiger partial charge in [-0.15, -0.1) is 0 Å². The van der Waals surface area contributed by atoms with Crippen LogP contribution in [0.3, 0.4) is 0 Å². The highest BCUT2D eigenvalue weighted by Gasteiger charge is 2.42. The van der Waals surface area contributed by atoms with Gasteiger partial charge in [0.25, 0.3) is 0 Å². The lowest BCUT2D eigenvalue weighted by atomic mass is 10.0. The Morgan fingerprint density at radius 1 is 1.28 bits per heavy atom. The van der Waals surface area contributed by atoms with E-state index >= 15 is 0 Å². The van der Waals surface area contributed by atoms with Crippen molar-refractivity contribution in [3.05, 3.63) is 35.9 Å². The topological polar surface area (TPSA) is 47.9 Å². The zero-order valence-corrected chi connectivity index (χ0v) is 10.8. The van der Waals surface area contributed by atoms with E-state index in [-0.39, 0.29) is 24.7 Å². The van der Waals surface area contributed by atoms with E-state index in [9.17, 15) is 5.11 Å². The summed E-state index contributed by atoms with van der Waals surface area (Å²) in [5, 5.41) is 9.22. The minimum absolute atomic E-state index is 0.00771. The van der Waals surface area contributed by atoms with Gasteiger partial charge in [-0.25, -0.2) is 0 Å². The van der Waals surface area contributed by atoms with Gasteiger partial charge in [-0.3, -0.25) is 0 Å². The molecule has 4 heteroatoms. The Morgan fingerprint density at radius 2 is 2.00 bits per heavy atom. The maximum atomic E-state index is 9.22. The number of rotatable bonds is 5.